The molecule has 3 heterocycles. The Labute approximate surface area is 172 Å². The number of carbonyl (C=O) groups excluding carboxylic acids is 2. The zero-order chi connectivity index (χ0) is 20.5. The normalized spacial score (nSPS) is 13.7. The Morgan fingerprint density at radius 1 is 1.03 bits per heavy atom. The molecule has 2 aliphatic rings. The van der Waals surface area contributed by atoms with Crippen molar-refractivity contribution in [3.05, 3.63) is 71.9 Å². The molecule has 30 heavy (non-hydrogen) atoms. The molecule has 0 saturated carbocycles. The zero-order valence-electron chi connectivity index (χ0n) is 15.8. The summed E-state index contributed by atoms with van der Waals surface area (Å²) in [7, 11) is 0. The van der Waals surface area contributed by atoms with Crippen molar-refractivity contribution in [3.63, 3.8) is 0 Å². The Morgan fingerprint density at radius 2 is 1.90 bits per heavy atom. The number of para-hydroxylation sites is 2. The van der Waals surface area contributed by atoms with E-state index in [-0.39, 0.29) is 31.0 Å². The molecule has 3 aromatic rings. The van der Waals surface area contributed by atoms with Crippen LogP contribution in [0.3, 0.4) is 0 Å². The van der Waals surface area contributed by atoms with Crippen molar-refractivity contribution in [1.82, 2.24) is 10.3 Å². The number of nitrogens with one attached hydrogen (secondary N) is 1. The lowest BCUT2D eigenvalue weighted by atomic mass is 10.2. The van der Waals surface area contributed by atoms with E-state index in [0.29, 0.717) is 35.0 Å². The van der Waals surface area contributed by atoms with Gasteiger partial charge in [0.1, 0.15) is 12.1 Å². The standard InChI is InChI=1S/C22H17N3O5/c26-20(24-11-14-7-8-18-19(10-14)29-13-28-18)12-25-16-5-1-2-6-17(16)30-21-15(22(25)27)4-3-9-23-21/h1-10H,11-13H2,(H,24,26). The number of hydrogen-bond acceptors (Lipinski definition) is 6. The van der Waals surface area contributed by atoms with Crippen LogP contribution in [0.15, 0.2) is 60.8 Å². The summed E-state index contributed by atoms with van der Waals surface area (Å²) in [5.74, 6) is 1.37. The summed E-state index contributed by atoms with van der Waals surface area (Å²) in [6, 6.07) is 15.8. The Morgan fingerprint density at radius 3 is 2.83 bits per heavy atom. The van der Waals surface area contributed by atoms with Gasteiger partial charge >= 0.3 is 0 Å². The van der Waals surface area contributed by atoms with E-state index in [0.717, 1.165) is 5.56 Å². The molecule has 0 aliphatic carbocycles. The predicted molar refractivity (Wildman–Crippen MR) is 107 cm³/mol. The molecule has 0 fully saturated rings. The lowest BCUT2D eigenvalue weighted by molar-refractivity contribution is -0.119. The number of amides is 2. The predicted octanol–water partition coefficient (Wildman–Crippen LogP) is 2.88. The van der Waals surface area contributed by atoms with Gasteiger partial charge in [-0.3, -0.25) is 14.5 Å². The van der Waals surface area contributed by atoms with Crippen LogP contribution in [0.1, 0.15) is 15.9 Å². The largest absolute Gasteiger partial charge is 0.454 e. The number of carbonyl (C=O) groups is 2. The van der Waals surface area contributed by atoms with E-state index in [1.54, 1.807) is 48.7 Å². The van der Waals surface area contributed by atoms with E-state index >= 15 is 0 Å². The Kier molecular flexibility index (Phi) is 4.44. The molecule has 0 spiro atoms. The molecule has 0 unspecified atom stereocenters. The number of rotatable bonds is 4. The van der Waals surface area contributed by atoms with Crippen molar-refractivity contribution in [2.75, 3.05) is 18.2 Å². The van der Waals surface area contributed by atoms with Crippen molar-refractivity contribution in [2.45, 2.75) is 6.54 Å². The van der Waals surface area contributed by atoms with Crippen LogP contribution in [-0.2, 0) is 11.3 Å². The second-order valence-electron chi connectivity index (χ2n) is 6.78. The number of nitrogens with zero attached hydrogens (tertiary/aromatic N) is 2. The quantitative estimate of drug-likeness (QED) is 0.721. The number of benzene rings is 2. The zero-order valence-corrected chi connectivity index (χ0v) is 15.8. The van der Waals surface area contributed by atoms with Crippen molar-refractivity contribution in [3.8, 4) is 23.1 Å². The van der Waals surface area contributed by atoms with Gasteiger partial charge < -0.3 is 19.5 Å². The summed E-state index contributed by atoms with van der Waals surface area (Å²) in [5.41, 5.74) is 1.68. The molecule has 1 N–H and O–H groups in total. The molecular formula is C22H17N3O5. The van der Waals surface area contributed by atoms with Gasteiger partial charge in [0, 0.05) is 12.7 Å². The molecule has 8 heteroatoms. The first-order valence-electron chi connectivity index (χ1n) is 9.38. The summed E-state index contributed by atoms with van der Waals surface area (Å²) in [4.78, 5) is 31.4. The van der Waals surface area contributed by atoms with E-state index < -0.39 is 0 Å². The highest BCUT2D eigenvalue weighted by Crippen LogP contribution is 2.37. The van der Waals surface area contributed by atoms with E-state index in [2.05, 4.69) is 10.3 Å². The Hall–Kier alpha value is -4.07. The summed E-state index contributed by atoms with van der Waals surface area (Å²) in [6.07, 6.45) is 1.56. The van der Waals surface area contributed by atoms with Crippen LogP contribution >= 0.6 is 0 Å². The van der Waals surface area contributed by atoms with Crippen molar-refractivity contribution < 1.29 is 23.8 Å². The molecule has 0 bridgehead atoms. The fourth-order valence-electron chi connectivity index (χ4n) is 3.37. The van der Waals surface area contributed by atoms with Gasteiger partial charge in [-0.15, -0.1) is 0 Å². The summed E-state index contributed by atoms with van der Waals surface area (Å²) in [5, 5.41) is 2.85. The van der Waals surface area contributed by atoms with E-state index in [1.165, 1.54) is 4.90 Å². The van der Waals surface area contributed by atoms with Crippen molar-refractivity contribution in [2.24, 2.45) is 0 Å². The number of anilines is 1. The fraction of sp³-hybridized carbons (Fsp3) is 0.136. The van der Waals surface area contributed by atoms with Crippen molar-refractivity contribution >= 4 is 17.5 Å². The molecule has 5 rings (SSSR count). The van der Waals surface area contributed by atoms with Crippen LogP contribution < -0.4 is 24.4 Å². The third-order valence-electron chi connectivity index (χ3n) is 4.84. The summed E-state index contributed by atoms with van der Waals surface area (Å²) in [6.45, 7) is 0.339. The van der Waals surface area contributed by atoms with Crippen LogP contribution in [0.5, 0.6) is 23.1 Å². The lowest BCUT2D eigenvalue weighted by Gasteiger charge is -2.21. The maximum atomic E-state index is 13.1. The van der Waals surface area contributed by atoms with Gasteiger partial charge in [-0.05, 0) is 42.0 Å². The van der Waals surface area contributed by atoms with Crippen LogP contribution in [0.2, 0.25) is 0 Å². The van der Waals surface area contributed by atoms with Crippen LogP contribution in [0.25, 0.3) is 0 Å². The fourth-order valence-corrected chi connectivity index (χ4v) is 3.37. The SMILES string of the molecule is O=C(CN1C(=O)c2cccnc2Oc2ccccc21)NCc1ccc2c(c1)OCO2. The molecule has 0 atom stereocenters. The van der Waals surface area contributed by atoms with Gasteiger partial charge in [-0.2, -0.15) is 0 Å². The summed E-state index contributed by atoms with van der Waals surface area (Å²) >= 11 is 0. The number of pyridine rings is 1. The monoisotopic (exact) mass is 403 g/mol. The topological polar surface area (TPSA) is 90.0 Å². The molecule has 2 aromatic carbocycles. The molecule has 0 saturated heterocycles. The average Bonchev–Trinajstić information content (AvgIpc) is 3.20. The minimum absolute atomic E-state index is 0.155. The number of fused-ring (bicyclic) bond motifs is 3. The smallest absolute Gasteiger partial charge is 0.264 e. The van der Waals surface area contributed by atoms with Gasteiger partial charge in [0.2, 0.25) is 18.6 Å². The van der Waals surface area contributed by atoms with Crippen LogP contribution in [0.4, 0.5) is 5.69 Å². The van der Waals surface area contributed by atoms with Gasteiger partial charge in [-0.1, -0.05) is 18.2 Å². The maximum Gasteiger partial charge on any atom is 0.264 e. The second-order valence-corrected chi connectivity index (χ2v) is 6.78. The maximum absolute atomic E-state index is 13.1. The van der Waals surface area contributed by atoms with Gasteiger partial charge in [0.15, 0.2) is 17.2 Å². The number of ether oxygens (including phenoxy) is 3. The first-order valence-corrected chi connectivity index (χ1v) is 9.38. The Bertz CT molecular complexity index is 1150. The first-order chi connectivity index (χ1) is 14.7. The third-order valence-corrected chi connectivity index (χ3v) is 4.84. The molecule has 8 nitrogen and oxygen atoms in total. The average molecular weight is 403 g/mol. The lowest BCUT2D eigenvalue weighted by Crippen LogP contribution is -2.40. The second kappa shape index (κ2) is 7.40. The van der Waals surface area contributed by atoms with Crippen molar-refractivity contribution in [1.29, 1.82) is 0 Å². The van der Waals surface area contributed by atoms with Gasteiger partial charge in [0.25, 0.3) is 5.91 Å². The van der Waals surface area contributed by atoms with Crippen LogP contribution in [0, 0.1) is 0 Å². The molecule has 2 amide bonds. The molecule has 1 aromatic heterocycles. The van der Waals surface area contributed by atoms with Gasteiger partial charge in [-0.25, -0.2) is 4.98 Å². The van der Waals surface area contributed by atoms with E-state index in [1.807, 2.05) is 12.1 Å². The highest BCUT2D eigenvalue weighted by atomic mass is 16.7. The first kappa shape index (κ1) is 18.0. The molecule has 150 valence electrons. The highest BCUT2D eigenvalue weighted by molar-refractivity contribution is 6.11. The summed E-state index contributed by atoms with van der Waals surface area (Å²) < 4.78 is 16.5. The highest BCUT2D eigenvalue weighted by Gasteiger charge is 2.30. The molecular weight excluding hydrogens is 386 g/mol. The molecule has 0 radical (unpaired) electrons. The Balaban J connectivity index is 1.35. The van der Waals surface area contributed by atoms with Crippen LogP contribution in [-0.4, -0.2) is 30.1 Å². The van der Waals surface area contributed by atoms with E-state index in [4.69, 9.17) is 14.2 Å². The number of aromatic nitrogens is 1. The van der Waals surface area contributed by atoms with E-state index in [9.17, 15) is 9.59 Å². The number of hydrogen-bond donors (Lipinski definition) is 1. The minimum Gasteiger partial charge on any atom is -0.454 e. The van der Waals surface area contributed by atoms with Gasteiger partial charge in [0.05, 0.1) is 5.69 Å². The minimum atomic E-state index is -0.346. The third kappa shape index (κ3) is 3.28. The molecule has 2 aliphatic heterocycles.